The SMILES string of the molecule is CC(C)[Si](OCC(F)(F)Oc1ccc(N2CC3(CCC3)N[C@H]3CCCC[C@@H]32)cc1Cl)(C(C)C)C(C)C. The minimum Gasteiger partial charge on any atom is -0.429 e. The number of nitrogens with zero attached hydrogens (tertiary/aromatic N) is 1. The maximum absolute atomic E-state index is 15.0. The number of anilines is 1. The van der Waals surface area contributed by atoms with E-state index in [2.05, 4.69) is 51.8 Å². The van der Waals surface area contributed by atoms with E-state index < -0.39 is 21.0 Å². The second kappa shape index (κ2) is 10.7. The van der Waals surface area contributed by atoms with Crippen molar-refractivity contribution < 1.29 is 17.9 Å². The highest BCUT2D eigenvalue weighted by molar-refractivity contribution is 6.77. The third kappa shape index (κ3) is 5.45. The molecule has 0 aromatic heterocycles. The van der Waals surface area contributed by atoms with Gasteiger partial charge in [0.2, 0.25) is 8.32 Å². The van der Waals surface area contributed by atoms with Gasteiger partial charge in [-0.05, 0) is 66.9 Å². The Bertz CT molecular complexity index is 888. The van der Waals surface area contributed by atoms with Crippen molar-refractivity contribution in [3.63, 3.8) is 0 Å². The molecular formula is C28H45ClF2N2O2Si. The molecule has 2 atom stereocenters. The van der Waals surface area contributed by atoms with E-state index >= 15 is 8.78 Å². The third-order valence-corrected chi connectivity index (χ3v) is 15.5. The predicted molar refractivity (Wildman–Crippen MR) is 147 cm³/mol. The minimum atomic E-state index is -3.46. The number of benzene rings is 1. The van der Waals surface area contributed by atoms with Crippen molar-refractivity contribution in [3.8, 4) is 5.75 Å². The minimum absolute atomic E-state index is 0.00797. The summed E-state index contributed by atoms with van der Waals surface area (Å²) in [5.41, 5.74) is 1.85. The van der Waals surface area contributed by atoms with E-state index in [4.69, 9.17) is 20.8 Å². The van der Waals surface area contributed by atoms with Crippen molar-refractivity contribution in [1.29, 1.82) is 0 Å². The number of alkyl halides is 2. The average Bonchev–Trinajstić information content (AvgIpc) is 2.78. The number of hydrogen-bond acceptors (Lipinski definition) is 4. The summed E-state index contributed by atoms with van der Waals surface area (Å²) in [7, 11) is -2.43. The Morgan fingerprint density at radius 1 is 1.06 bits per heavy atom. The van der Waals surface area contributed by atoms with Crippen LogP contribution in [0.4, 0.5) is 14.5 Å². The number of ether oxygens (including phenoxy) is 1. The molecule has 3 aliphatic rings. The van der Waals surface area contributed by atoms with Gasteiger partial charge in [0.1, 0.15) is 12.4 Å². The van der Waals surface area contributed by atoms with Crippen molar-refractivity contribution in [2.75, 3.05) is 18.1 Å². The molecule has 4 rings (SSSR count). The molecule has 36 heavy (non-hydrogen) atoms. The van der Waals surface area contributed by atoms with E-state index in [1.54, 1.807) is 6.07 Å². The molecule has 0 amide bonds. The Balaban J connectivity index is 1.48. The van der Waals surface area contributed by atoms with Gasteiger partial charge in [-0.25, -0.2) is 0 Å². The van der Waals surface area contributed by atoms with Gasteiger partial charge in [-0.15, -0.1) is 0 Å². The Labute approximate surface area is 222 Å². The topological polar surface area (TPSA) is 33.7 Å². The number of halogens is 3. The van der Waals surface area contributed by atoms with Gasteiger partial charge in [0.05, 0.1) is 5.02 Å². The first-order chi connectivity index (χ1) is 16.9. The maximum atomic E-state index is 15.0. The maximum Gasteiger partial charge on any atom is 0.420 e. The fourth-order valence-electron chi connectivity index (χ4n) is 7.37. The zero-order valence-electron chi connectivity index (χ0n) is 22.9. The molecule has 1 spiro atoms. The quantitative estimate of drug-likeness (QED) is 0.319. The lowest BCUT2D eigenvalue weighted by Crippen LogP contribution is -2.72. The fourth-order valence-corrected chi connectivity index (χ4v) is 13.0. The summed E-state index contributed by atoms with van der Waals surface area (Å²) >= 11 is 6.56. The Kier molecular flexibility index (Phi) is 8.36. The molecule has 1 aromatic carbocycles. The van der Waals surface area contributed by atoms with E-state index in [1.165, 1.54) is 38.5 Å². The van der Waals surface area contributed by atoms with Crippen molar-refractivity contribution in [3.05, 3.63) is 23.2 Å². The summed E-state index contributed by atoms with van der Waals surface area (Å²) in [4.78, 5) is 2.48. The standard InChI is InChI=1S/C28H45ClF2N2O2Si/c1-19(2)36(20(3)4,21(5)6)34-18-28(30,31)35-26-13-12-22(16-23(26)29)33-17-27(14-9-15-27)32-24-10-7-8-11-25(24)33/h12-13,16,19-21,24-25,32H,7-11,14-15,17-18H2,1-6H3/t24-,25-/m0/s1. The molecule has 1 aliphatic heterocycles. The first-order valence-electron chi connectivity index (χ1n) is 13.9. The lowest BCUT2D eigenvalue weighted by molar-refractivity contribution is -0.198. The number of piperazine rings is 1. The van der Waals surface area contributed by atoms with E-state index in [9.17, 15) is 0 Å². The van der Waals surface area contributed by atoms with Crippen molar-refractivity contribution in [2.24, 2.45) is 0 Å². The predicted octanol–water partition coefficient (Wildman–Crippen LogP) is 8.15. The first kappa shape index (κ1) is 28.1. The van der Waals surface area contributed by atoms with Crippen LogP contribution in [0.25, 0.3) is 0 Å². The third-order valence-electron chi connectivity index (χ3n) is 9.11. The second-order valence-corrected chi connectivity index (χ2v) is 18.2. The summed E-state index contributed by atoms with van der Waals surface area (Å²) in [6, 6.07) is 6.22. The van der Waals surface area contributed by atoms with E-state index in [0.29, 0.717) is 12.1 Å². The van der Waals surface area contributed by atoms with Crippen LogP contribution in [0.3, 0.4) is 0 Å². The van der Waals surface area contributed by atoms with Gasteiger partial charge in [-0.2, -0.15) is 8.78 Å². The molecule has 1 aromatic rings. The molecule has 0 unspecified atom stereocenters. The average molecular weight is 543 g/mol. The van der Waals surface area contributed by atoms with Crippen molar-refractivity contribution in [1.82, 2.24) is 5.32 Å². The number of nitrogens with one attached hydrogen (secondary N) is 1. The van der Waals surface area contributed by atoms with Gasteiger partial charge in [0, 0.05) is 29.9 Å². The lowest BCUT2D eigenvalue weighted by Gasteiger charge is -2.58. The summed E-state index contributed by atoms with van der Waals surface area (Å²) in [6.45, 7) is 12.7. The van der Waals surface area contributed by atoms with Gasteiger partial charge in [-0.1, -0.05) is 66.0 Å². The molecule has 8 heteroatoms. The first-order valence-corrected chi connectivity index (χ1v) is 16.5. The van der Waals surface area contributed by atoms with Crippen LogP contribution in [0.15, 0.2) is 18.2 Å². The highest BCUT2D eigenvalue weighted by Gasteiger charge is 2.49. The van der Waals surface area contributed by atoms with Crippen LogP contribution in [0.5, 0.6) is 5.75 Å². The molecule has 0 bridgehead atoms. The molecule has 2 aliphatic carbocycles. The smallest absolute Gasteiger partial charge is 0.420 e. The largest absolute Gasteiger partial charge is 0.429 e. The van der Waals surface area contributed by atoms with Gasteiger partial charge in [-0.3, -0.25) is 0 Å². The molecule has 1 N–H and O–H groups in total. The molecule has 0 radical (unpaired) electrons. The fraction of sp³-hybridized carbons (Fsp3) is 0.786. The van der Waals surface area contributed by atoms with Gasteiger partial charge in [0.25, 0.3) is 0 Å². The Morgan fingerprint density at radius 2 is 1.69 bits per heavy atom. The lowest BCUT2D eigenvalue weighted by atomic mass is 9.71. The van der Waals surface area contributed by atoms with Crippen molar-refractivity contribution >= 4 is 25.6 Å². The molecule has 1 saturated heterocycles. The van der Waals surface area contributed by atoms with Gasteiger partial charge < -0.3 is 19.4 Å². The van der Waals surface area contributed by atoms with Gasteiger partial charge >= 0.3 is 6.11 Å². The number of fused-ring (bicyclic) bond motifs is 1. The van der Waals surface area contributed by atoms with E-state index in [1.807, 2.05) is 12.1 Å². The number of hydrogen-bond donors (Lipinski definition) is 1. The summed E-state index contributed by atoms with van der Waals surface area (Å²) in [5.74, 6) is 0.00797. The van der Waals surface area contributed by atoms with Crippen LogP contribution in [0.2, 0.25) is 21.6 Å². The van der Waals surface area contributed by atoms with Crippen LogP contribution in [0.1, 0.15) is 86.5 Å². The molecule has 204 valence electrons. The van der Waals surface area contributed by atoms with Crippen molar-refractivity contribution in [2.45, 2.75) is 127 Å². The Hall–Kier alpha value is -0.893. The van der Waals surface area contributed by atoms with Gasteiger partial charge in [0.15, 0.2) is 0 Å². The molecule has 1 heterocycles. The van der Waals surface area contributed by atoms with Crippen LogP contribution < -0.4 is 15.0 Å². The second-order valence-electron chi connectivity index (χ2n) is 12.3. The zero-order chi connectivity index (χ0) is 26.3. The molecule has 2 saturated carbocycles. The normalized spacial score (nSPS) is 24.4. The zero-order valence-corrected chi connectivity index (χ0v) is 24.6. The van der Waals surface area contributed by atoms with E-state index in [0.717, 1.165) is 18.7 Å². The molecule has 3 fully saturated rings. The number of rotatable bonds is 9. The summed E-state index contributed by atoms with van der Waals surface area (Å²) < 4.78 is 41.4. The van der Waals surface area contributed by atoms with E-state index in [-0.39, 0.29) is 32.9 Å². The molecule has 4 nitrogen and oxygen atoms in total. The molecular weight excluding hydrogens is 498 g/mol. The highest BCUT2D eigenvalue weighted by atomic mass is 35.5. The monoisotopic (exact) mass is 542 g/mol. The van der Waals surface area contributed by atoms with Crippen LogP contribution >= 0.6 is 11.6 Å². The van der Waals surface area contributed by atoms with Crippen LogP contribution in [-0.4, -0.2) is 45.2 Å². The summed E-state index contributed by atoms with van der Waals surface area (Å²) in [5, 5.41) is 4.19. The highest BCUT2D eigenvalue weighted by Crippen LogP contribution is 2.45. The van der Waals surface area contributed by atoms with Crippen LogP contribution in [-0.2, 0) is 4.43 Å². The summed E-state index contributed by atoms with van der Waals surface area (Å²) in [6.07, 6.45) is 5.02. The Morgan fingerprint density at radius 3 is 2.25 bits per heavy atom. The van der Waals surface area contributed by atoms with Crippen LogP contribution in [0, 0.1) is 0 Å².